The number of aryl methyl sites for hydroxylation is 1. The van der Waals surface area contributed by atoms with Crippen molar-refractivity contribution in [2.45, 2.75) is 26.4 Å². The fourth-order valence-electron chi connectivity index (χ4n) is 1.12. The molecule has 0 aliphatic carbocycles. The largest absolute Gasteiger partial charge is 0.480 e. The van der Waals surface area contributed by atoms with Crippen molar-refractivity contribution in [3.63, 3.8) is 0 Å². The van der Waals surface area contributed by atoms with Crippen LogP contribution in [0, 0.1) is 6.92 Å². The molecule has 0 spiro atoms. The summed E-state index contributed by atoms with van der Waals surface area (Å²) in [5.74, 6) is -0.776. The average Bonchev–Trinajstić information content (AvgIpc) is 2.50. The van der Waals surface area contributed by atoms with E-state index in [0.717, 1.165) is 0 Å². The molecule has 1 aromatic rings. The number of hydrogen-bond donors (Lipinski definition) is 1. The van der Waals surface area contributed by atoms with Gasteiger partial charge in [0.2, 0.25) is 0 Å². The van der Waals surface area contributed by atoms with E-state index in [1.807, 2.05) is 24.3 Å². The van der Waals surface area contributed by atoms with Crippen LogP contribution in [0.3, 0.4) is 0 Å². The summed E-state index contributed by atoms with van der Waals surface area (Å²) in [6, 6.07) is 1.62. The second-order valence-corrected chi connectivity index (χ2v) is 4.46. The second kappa shape index (κ2) is 4.57. The highest BCUT2D eigenvalue weighted by molar-refractivity contribution is 7.10. The number of carboxylic acids is 1. The molecular weight excluding hydrogens is 198 g/mol. The van der Waals surface area contributed by atoms with Crippen LogP contribution in [0.2, 0.25) is 0 Å². The summed E-state index contributed by atoms with van der Waals surface area (Å²) < 4.78 is 0. The lowest BCUT2D eigenvalue weighted by atomic mass is 10.2. The Morgan fingerprint density at radius 2 is 2.36 bits per heavy atom. The van der Waals surface area contributed by atoms with Crippen LogP contribution in [-0.4, -0.2) is 29.1 Å². The van der Waals surface area contributed by atoms with Crippen molar-refractivity contribution in [3.05, 3.63) is 21.9 Å². The van der Waals surface area contributed by atoms with Crippen molar-refractivity contribution in [2.75, 3.05) is 7.05 Å². The molecule has 78 valence electrons. The lowest BCUT2D eigenvalue weighted by molar-refractivity contribution is -0.142. The molecule has 4 heteroatoms. The predicted octanol–water partition coefficient (Wildman–Crippen LogP) is 1.96. The van der Waals surface area contributed by atoms with Gasteiger partial charge in [0.25, 0.3) is 0 Å². The van der Waals surface area contributed by atoms with Crippen LogP contribution in [-0.2, 0) is 11.3 Å². The zero-order valence-corrected chi connectivity index (χ0v) is 9.47. The average molecular weight is 213 g/mol. The normalized spacial score (nSPS) is 13.1. The highest BCUT2D eigenvalue weighted by Crippen LogP contribution is 2.18. The zero-order valence-electron chi connectivity index (χ0n) is 8.65. The van der Waals surface area contributed by atoms with Crippen molar-refractivity contribution < 1.29 is 9.90 Å². The molecule has 14 heavy (non-hydrogen) atoms. The van der Waals surface area contributed by atoms with Gasteiger partial charge in [0, 0.05) is 11.4 Å². The topological polar surface area (TPSA) is 40.5 Å². The molecule has 0 radical (unpaired) electrons. The van der Waals surface area contributed by atoms with Gasteiger partial charge < -0.3 is 5.11 Å². The van der Waals surface area contributed by atoms with Crippen LogP contribution in [0.5, 0.6) is 0 Å². The van der Waals surface area contributed by atoms with Gasteiger partial charge in [0.15, 0.2) is 0 Å². The van der Waals surface area contributed by atoms with Crippen LogP contribution in [0.15, 0.2) is 11.4 Å². The molecule has 1 heterocycles. The summed E-state index contributed by atoms with van der Waals surface area (Å²) in [4.78, 5) is 13.8. The first-order valence-corrected chi connectivity index (χ1v) is 5.36. The first-order chi connectivity index (χ1) is 6.52. The lowest BCUT2D eigenvalue weighted by Gasteiger charge is -2.20. The molecule has 3 nitrogen and oxygen atoms in total. The second-order valence-electron chi connectivity index (χ2n) is 3.46. The number of likely N-dealkylation sites (N-methyl/N-ethyl adjacent to an activating group) is 1. The first kappa shape index (κ1) is 11.2. The summed E-state index contributed by atoms with van der Waals surface area (Å²) in [5.41, 5.74) is 1.24. The fourth-order valence-corrected chi connectivity index (χ4v) is 2.09. The molecule has 0 fully saturated rings. The van der Waals surface area contributed by atoms with Gasteiger partial charge in [-0.1, -0.05) is 0 Å². The van der Waals surface area contributed by atoms with E-state index in [-0.39, 0.29) is 0 Å². The number of carboxylic acid groups (broad SMARTS) is 1. The molecule has 1 atom stereocenters. The van der Waals surface area contributed by atoms with Crippen LogP contribution in [0.4, 0.5) is 0 Å². The van der Waals surface area contributed by atoms with Crippen molar-refractivity contribution in [3.8, 4) is 0 Å². The maximum atomic E-state index is 10.7. The third-order valence-electron chi connectivity index (χ3n) is 2.38. The molecule has 0 aromatic carbocycles. The van der Waals surface area contributed by atoms with E-state index in [4.69, 9.17) is 5.11 Å². The highest BCUT2D eigenvalue weighted by atomic mass is 32.1. The van der Waals surface area contributed by atoms with E-state index in [2.05, 4.69) is 6.07 Å². The van der Waals surface area contributed by atoms with Gasteiger partial charge in [0.05, 0.1) is 0 Å². The maximum Gasteiger partial charge on any atom is 0.320 e. The molecule has 0 amide bonds. The molecule has 0 aliphatic rings. The number of rotatable bonds is 4. The minimum absolute atomic E-state index is 0.434. The van der Waals surface area contributed by atoms with Crippen LogP contribution in [0.1, 0.15) is 17.4 Å². The Bertz CT molecular complexity index is 322. The van der Waals surface area contributed by atoms with Gasteiger partial charge in [0.1, 0.15) is 6.04 Å². The molecule has 1 N–H and O–H groups in total. The third-order valence-corrected chi connectivity index (χ3v) is 3.39. The van der Waals surface area contributed by atoms with Gasteiger partial charge in [-0.05, 0) is 37.9 Å². The van der Waals surface area contributed by atoms with Crippen molar-refractivity contribution in [1.29, 1.82) is 0 Å². The Morgan fingerprint density at radius 1 is 1.71 bits per heavy atom. The Morgan fingerprint density at radius 3 is 2.79 bits per heavy atom. The summed E-state index contributed by atoms with van der Waals surface area (Å²) in [5, 5.41) is 10.8. The Balaban J connectivity index is 2.61. The van der Waals surface area contributed by atoms with E-state index in [0.29, 0.717) is 6.54 Å². The lowest BCUT2D eigenvalue weighted by Crippen LogP contribution is -2.35. The Hall–Kier alpha value is -0.870. The molecule has 0 aliphatic heterocycles. The number of aliphatic carboxylic acids is 1. The number of hydrogen-bond acceptors (Lipinski definition) is 3. The Labute approximate surface area is 88.0 Å². The van der Waals surface area contributed by atoms with Gasteiger partial charge in [-0.15, -0.1) is 11.3 Å². The summed E-state index contributed by atoms with van der Waals surface area (Å²) in [6.07, 6.45) is 0. The van der Waals surface area contributed by atoms with Crippen molar-refractivity contribution in [1.82, 2.24) is 4.90 Å². The molecule has 0 bridgehead atoms. The zero-order chi connectivity index (χ0) is 10.7. The summed E-state index contributed by atoms with van der Waals surface area (Å²) in [7, 11) is 1.83. The summed E-state index contributed by atoms with van der Waals surface area (Å²) >= 11 is 1.67. The summed E-state index contributed by atoms with van der Waals surface area (Å²) in [6.45, 7) is 4.45. The molecule has 0 saturated carbocycles. The van der Waals surface area contributed by atoms with E-state index < -0.39 is 12.0 Å². The van der Waals surface area contributed by atoms with E-state index in [1.165, 1.54) is 10.4 Å². The van der Waals surface area contributed by atoms with Gasteiger partial charge in [-0.3, -0.25) is 9.69 Å². The van der Waals surface area contributed by atoms with Crippen LogP contribution < -0.4 is 0 Å². The number of thiophene rings is 1. The van der Waals surface area contributed by atoms with Gasteiger partial charge >= 0.3 is 5.97 Å². The van der Waals surface area contributed by atoms with Gasteiger partial charge in [-0.2, -0.15) is 0 Å². The fraction of sp³-hybridized carbons (Fsp3) is 0.500. The molecule has 1 unspecified atom stereocenters. The smallest absolute Gasteiger partial charge is 0.320 e. The van der Waals surface area contributed by atoms with Crippen molar-refractivity contribution >= 4 is 17.3 Å². The number of nitrogens with zero attached hydrogens (tertiary/aromatic N) is 1. The van der Waals surface area contributed by atoms with Crippen LogP contribution in [0.25, 0.3) is 0 Å². The van der Waals surface area contributed by atoms with E-state index in [1.54, 1.807) is 18.3 Å². The Kier molecular flexibility index (Phi) is 3.66. The molecular formula is C10H15NO2S. The first-order valence-electron chi connectivity index (χ1n) is 4.48. The highest BCUT2D eigenvalue weighted by Gasteiger charge is 2.17. The molecule has 0 saturated heterocycles. The van der Waals surface area contributed by atoms with Crippen LogP contribution >= 0.6 is 11.3 Å². The third kappa shape index (κ3) is 2.56. The predicted molar refractivity (Wildman–Crippen MR) is 57.6 cm³/mol. The minimum atomic E-state index is -0.776. The maximum absolute atomic E-state index is 10.7. The minimum Gasteiger partial charge on any atom is -0.480 e. The molecule has 1 rings (SSSR count). The molecule has 1 aromatic heterocycles. The number of carbonyl (C=O) groups is 1. The standard InChI is InChI=1S/C10H15NO2S/c1-7-4-5-14-9(7)6-11(3)8(2)10(12)13/h4-5,8H,6H2,1-3H3,(H,12,13). The van der Waals surface area contributed by atoms with E-state index in [9.17, 15) is 4.79 Å². The van der Waals surface area contributed by atoms with Gasteiger partial charge in [-0.25, -0.2) is 0 Å². The monoisotopic (exact) mass is 213 g/mol. The quantitative estimate of drug-likeness (QED) is 0.831. The SMILES string of the molecule is Cc1ccsc1CN(C)C(C)C(=O)O. The van der Waals surface area contributed by atoms with Crippen molar-refractivity contribution in [2.24, 2.45) is 0 Å². The van der Waals surface area contributed by atoms with E-state index >= 15 is 0 Å².